The third-order valence-corrected chi connectivity index (χ3v) is 6.93. The van der Waals surface area contributed by atoms with Gasteiger partial charge in [0.05, 0.1) is 17.6 Å². The number of H-pyrrole nitrogens is 1. The van der Waals surface area contributed by atoms with Crippen molar-refractivity contribution < 1.29 is 28.3 Å². The summed E-state index contributed by atoms with van der Waals surface area (Å²) in [5.74, 6) is -6.28. The Morgan fingerprint density at radius 1 is 1.24 bits per heavy atom. The summed E-state index contributed by atoms with van der Waals surface area (Å²) in [4.78, 5) is 38.6. The van der Waals surface area contributed by atoms with E-state index in [1.54, 1.807) is 37.4 Å². The number of amides is 2. The smallest absolute Gasteiger partial charge is 0.327 e. The van der Waals surface area contributed by atoms with Gasteiger partial charge in [0.15, 0.2) is 0 Å². The van der Waals surface area contributed by atoms with Gasteiger partial charge in [0.2, 0.25) is 11.8 Å². The van der Waals surface area contributed by atoms with E-state index in [9.17, 15) is 28.3 Å². The highest BCUT2D eigenvalue weighted by atomic mass is 19.3. The molecule has 5 rings (SSSR count). The van der Waals surface area contributed by atoms with Crippen molar-refractivity contribution in [1.29, 1.82) is 0 Å². The number of hydrogen-bond donors (Lipinski definition) is 2. The molecule has 0 spiro atoms. The number of nitrogens with zero attached hydrogens (tertiary/aromatic N) is 2. The van der Waals surface area contributed by atoms with Crippen LogP contribution in [0.15, 0.2) is 42.6 Å². The molecule has 0 bridgehead atoms. The van der Waals surface area contributed by atoms with Crippen molar-refractivity contribution in [2.24, 2.45) is 5.92 Å². The molecule has 3 atom stereocenters. The number of carboxylic acids is 1. The lowest BCUT2D eigenvalue weighted by molar-refractivity contribution is -0.177. The predicted octanol–water partition coefficient (Wildman–Crippen LogP) is 3.47. The van der Waals surface area contributed by atoms with Gasteiger partial charge in [0.25, 0.3) is 5.92 Å². The van der Waals surface area contributed by atoms with Gasteiger partial charge >= 0.3 is 5.97 Å². The maximum atomic E-state index is 13.7. The van der Waals surface area contributed by atoms with Gasteiger partial charge in [-0.25, -0.2) is 13.6 Å². The number of likely N-dealkylation sites (tertiary alicyclic amines) is 1. The number of aliphatic carboxylic acids is 1. The number of rotatable bonds is 6. The van der Waals surface area contributed by atoms with E-state index in [1.807, 2.05) is 12.1 Å². The highest BCUT2D eigenvalue weighted by Crippen LogP contribution is 2.37. The van der Waals surface area contributed by atoms with E-state index in [0.717, 1.165) is 21.4 Å². The summed E-state index contributed by atoms with van der Waals surface area (Å²) < 4.78 is 27.4. The molecule has 2 aliphatic rings. The number of aromatic nitrogens is 2. The summed E-state index contributed by atoms with van der Waals surface area (Å²) in [6, 6.07) is 9.27. The van der Waals surface area contributed by atoms with Crippen molar-refractivity contribution in [1.82, 2.24) is 15.1 Å². The molecule has 1 saturated heterocycles. The molecule has 2 N–H and O–H groups in total. The molecule has 7 nitrogen and oxygen atoms in total. The number of aromatic amines is 1. The lowest BCUT2D eigenvalue weighted by Gasteiger charge is -2.43. The molecule has 3 aromatic rings. The molecule has 0 radical (unpaired) electrons. The van der Waals surface area contributed by atoms with E-state index in [2.05, 4.69) is 10.2 Å². The van der Waals surface area contributed by atoms with Crippen molar-refractivity contribution in [3.63, 3.8) is 0 Å². The summed E-state index contributed by atoms with van der Waals surface area (Å²) in [6.45, 7) is 1.77. The molecule has 176 valence electrons. The van der Waals surface area contributed by atoms with Gasteiger partial charge < -0.3 is 5.11 Å². The molecule has 0 saturated carbocycles. The van der Waals surface area contributed by atoms with E-state index >= 15 is 0 Å². The van der Waals surface area contributed by atoms with Crippen molar-refractivity contribution in [2.75, 3.05) is 0 Å². The van der Waals surface area contributed by atoms with Crippen LogP contribution < -0.4 is 0 Å². The van der Waals surface area contributed by atoms with Crippen LogP contribution >= 0.6 is 0 Å². The van der Waals surface area contributed by atoms with Gasteiger partial charge in [-0.05, 0) is 40.7 Å². The van der Waals surface area contributed by atoms with E-state index in [-0.39, 0.29) is 31.6 Å². The van der Waals surface area contributed by atoms with E-state index in [1.165, 1.54) is 0 Å². The molecule has 34 heavy (non-hydrogen) atoms. The summed E-state index contributed by atoms with van der Waals surface area (Å²) >= 11 is 0. The molecular weight excluding hydrogens is 444 g/mol. The Labute approximate surface area is 193 Å². The van der Waals surface area contributed by atoms with Crippen LogP contribution in [-0.2, 0) is 33.6 Å². The average molecular weight is 467 g/mol. The first-order valence-electron chi connectivity index (χ1n) is 11.1. The third-order valence-electron chi connectivity index (χ3n) is 6.93. The Morgan fingerprint density at radius 2 is 2.00 bits per heavy atom. The number of fused-ring (bicyclic) bond motifs is 2. The fourth-order valence-electron chi connectivity index (χ4n) is 5.14. The number of benzene rings is 2. The van der Waals surface area contributed by atoms with Gasteiger partial charge in [0.1, 0.15) is 6.04 Å². The second kappa shape index (κ2) is 8.00. The quantitative estimate of drug-likeness (QED) is 0.541. The Balaban J connectivity index is 1.30. The minimum Gasteiger partial charge on any atom is -0.480 e. The predicted molar refractivity (Wildman–Crippen MR) is 118 cm³/mol. The molecule has 1 fully saturated rings. The summed E-state index contributed by atoms with van der Waals surface area (Å²) in [5, 5.41) is 17.4. The molecule has 1 aromatic heterocycles. The molecule has 2 aromatic carbocycles. The number of carboxylic acid groups (broad SMARTS) is 1. The van der Waals surface area contributed by atoms with Crippen LogP contribution in [-0.4, -0.2) is 50.0 Å². The molecule has 9 heteroatoms. The zero-order chi connectivity index (χ0) is 24.2. The molecule has 0 unspecified atom stereocenters. The largest absolute Gasteiger partial charge is 0.480 e. The monoisotopic (exact) mass is 467 g/mol. The number of carbonyl (C=O) groups is 3. The zero-order valence-electron chi connectivity index (χ0n) is 18.4. The zero-order valence-corrected chi connectivity index (χ0v) is 18.4. The van der Waals surface area contributed by atoms with Crippen LogP contribution in [0.2, 0.25) is 0 Å². The van der Waals surface area contributed by atoms with Crippen molar-refractivity contribution >= 4 is 28.7 Å². The number of nitrogens with one attached hydrogen (secondary N) is 1. The Bertz CT molecular complexity index is 1320. The van der Waals surface area contributed by atoms with E-state index in [0.29, 0.717) is 16.7 Å². The Hall–Kier alpha value is -3.62. The van der Waals surface area contributed by atoms with Crippen molar-refractivity contribution in [2.45, 2.75) is 50.5 Å². The average Bonchev–Trinajstić information content (AvgIpc) is 3.37. The first-order valence-corrected chi connectivity index (χ1v) is 11.1. The minimum absolute atomic E-state index is 0.0886. The van der Waals surface area contributed by atoms with Crippen LogP contribution in [0.1, 0.15) is 41.5 Å². The second-order valence-corrected chi connectivity index (χ2v) is 9.29. The summed E-state index contributed by atoms with van der Waals surface area (Å²) in [6.07, 6.45) is 1.11. The standard InChI is InChI=1S/C25H23F2N3O4/c1-13(14-5-6-16-10-25(26,27)11-17(16)8-14)7-21(31)30-22(24(33)34)18(23(30)32)9-15-3-2-4-20-19(15)12-28-29-20/h2-6,8,12-13,18,22H,7,9-11H2,1H3,(H,28,29)(H,33,34)/t13-,18+,22-/m0/s1. The van der Waals surface area contributed by atoms with Gasteiger partial charge in [-0.1, -0.05) is 37.3 Å². The molecule has 1 aliphatic carbocycles. The lowest BCUT2D eigenvalue weighted by atomic mass is 9.81. The van der Waals surface area contributed by atoms with Crippen molar-refractivity contribution in [3.8, 4) is 0 Å². The lowest BCUT2D eigenvalue weighted by Crippen LogP contribution is -2.66. The Morgan fingerprint density at radius 3 is 2.76 bits per heavy atom. The van der Waals surface area contributed by atoms with Gasteiger partial charge in [0, 0.05) is 24.6 Å². The van der Waals surface area contributed by atoms with E-state index in [4.69, 9.17) is 0 Å². The van der Waals surface area contributed by atoms with Crippen LogP contribution in [0.3, 0.4) is 0 Å². The van der Waals surface area contributed by atoms with Gasteiger partial charge in [-0.3, -0.25) is 19.6 Å². The van der Waals surface area contributed by atoms with Gasteiger partial charge in [-0.2, -0.15) is 5.10 Å². The highest BCUT2D eigenvalue weighted by molar-refractivity contribution is 6.08. The normalized spacial score (nSPS) is 21.9. The molecule has 2 heterocycles. The van der Waals surface area contributed by atoms with Crippen LogP contribution in [0, 0.1) is 5.92 Å². The number of β-lactam (4-membered cyclic amide) rings is 1. The van der Waals surface area contributed by atoms with Crippen LogP contribution in [0.25, 0.3) is 10.9 Å². The maximum absolute atomic E-state index is 13.7. The maximum Gasteiger partial charge on any atom is 0.327 e. The third kappa shape index (κ3) is 3.74. The number of carbonyl (C=O) groups excluding carboxylic acids is 2. The highest BCUT2D eigenvalue weighted by Gasteiger charge is 2.54. The second-order valence-electron chi connectivity index (χ2n) is 9.29. The van der Waals surface area contributed by atoms with Crippen molar-refractivity contribution in [3.05, 3.63) is 64.8 Å². The summed E-state index contributed by atoms with van der Waals surface area (Å²) in [7, 11) is 0. The Kier molecular flexibility index (Phi) is 5.22. The molecule has 1 aliphatic heterocycles. The fourth-order valence-corrected chi connectivity index (χ4v) is 5.14. The fraction of sp³-hybridized carbons (Fsp3) is 0.360. The van der Waals surface area contributed by atoms with Crippen LogP contribution in [0.5, 0.6) is 0 Å². The number of hydrogen-bond acceptors (Lipinski definition) is 4. The number of alkyl halides is 2. The topological polar surface area (TPSA) is 103 Å². The first-order chi connectivity index (χ1) is 16.1. The molecule has 2 amide bonds. The van der Waals surface area contributed by atoms with E-state index < -0.39 is 35.7 Å². The number of halogens is 2. The SMILES string of the molecule is C[C@@H](CC(=O)N1C(=O)[C@H](Cc2cccc3[nH]ncc23)[C@H]1C(=O)O)c1ccc2c(c1)CC(F)(F)C2. The summed E-state index contributed by atoms with van der Waals surface area (Å²) in [5.41, 5.74) is 3.45. The van der Waals surface area contributed by atoms with Crippen LogP contribution in [0.4, 0.5) is 8.78 Å². The molecular formula is C25H23F2N3O4. The minimum atomic E-state index is -2.76. The van der Waals surface area contributed by atoms with Gasteiger partial charge in [-0.15, -0.1) is 0 Å². The first kappa shape index (κ1) is 22.2. The number of imide groups is 1.